The molecule has 0 atom stereocenters. The van der Waals surface area contributed by atoms with Crippen molar-refractivity contribution in [2.75, 3.05) is 11.9 Å². The predicted molar refractivity (Wildman–Crippen MR) is 68.9 cm³/mol. The van der Waals surface area contributed by atoms with Crippen molar-refractivity contribution in [2.24, 2.45) is 0 Å². The maximum absolute atomic E-state index is 11.2. The van der Waals surface area contributed by atoms with Crippen LogP contribution in [0.4, 0.5) is 10.8 Å². The molecule has 0 aliphatic carbocycles. The van der Waals surface area contributed by atoms with Gasteiger partial charge in [-0.2, -0.15) is 5.10 Å². The van der Waals surface area contributed by atoms with E-state index in [0.717, 1.165) is 16.5 Å². The number of esters is 1. The largest absolute Gasteiger partial charge is 0.466 e. The summed E-state index contributed by atoms with van der Waals surface area (Å²) < 4.78 is 4.86. The van der Waals surface area contributed by atoms with E-state index in [2.05, 4.69) is 20.5 Å². The van der Waals surface area contributed by atoms with Gasteiger partial charge in [0.05, 0.1) is 30.6 Å². The summed E-state index contributed by atoms with van der Waals surface area (Å²) in [5.74, 6) is -0.185. The summed E-state index contributed by atoms with van der Waals surface area (Å²) in [5.41, 5.74) is 1.75. The standard InChI is InChI=1S/C11H14N4O2S/c1-2-17-10(16)4-3-8-7-18-11(14-8)15-9-5-12-13-6-9/h5-7H,2-4H2,1H3,(H,12,13)(H,14,15). The summed E-state index contributed by atoms with van der Waals surface area (Å²) in [5, 5.41) is 12.4. The predicted octanol–water partition coefficient (Wildman–Crippen LogP) is 2.11. The molecule has 6 nitrogen and oxygen atoms in total. The van der Waals surface area contributed by atoms with Crippen molar-refractivity contribution in [3.8, 4) is 0 Å². The minimum absolute atomic E-state index is 0.185. The maximum atomic E-state index is 11.2. The van der Waals surface area contributed by atoms with Crippen LogP contribution >= 0.6 is 11.3 Å². The molecule has 2 N–H and O–H groups in total. The molecule has 0 aromatic carbocycles. The average molecular weight is 266 g/mol. The first-order valence-electron chi connectivity index (χ1n) is 5.63. The number of anilines is 2. The highest BCUT2D eigenvalue weighted by molar-refractivity contribution is 7.13. The Labute approximate surface area is 108 Å². The molecule has 2 rings (SSSR count). The third-order valence-corrected chi connectivity index (χ3v) is 3.00. The second kappa shape index (κ2) is 6.15. The van der Waals surface area contributed by atoms with E-state index < -0.39 is 0 Å². The minimum Gasteiger partial charge on any atom is -0.466 e. The first-order valence-corrected chi connectivity index (χ1v) is 6.51. The van der Waals surface area contributed by atoms with Gasteiger partial charge in [0.2, 0.25) is 0 Å². The van der Waals surface area contributed by atoms with Gasteiger partial charge in [0.1, 0.15) is 0 Å². The molecular weight excluding hydrogens is 252 g/mol. The van der Waals surface area contributed by atoms with Gasteiger partial charge in [-0.15, -0.1) is 11.3 Å². The second-order valence-corrected chi connectivity index (χ2v) is 4.42. The molecule has 0 saturated carbocycles. The lowest BCUT2D eigenvalue weighted by Gasteiger charge is -1.99. The van der Waals surface area contributed by atoms with E-state index >= 15 is 0 Å². The Kier molecular flexibility index (Phi) is 4.30. The highest BCUT2D eigenvalue weighted by atomic mass is 32.1. The number of nitrogens with zero attached hydrogens (tertiary/aromatic N) is 2. The van der Waals surface area contributed by atoms with Gasteiger partial charge < -0.3 is 10.1 Å². The topological polar surface area (TPSA) is 79.9 Å². The van der Waals surface area contributed by atoms with Gasteiger partial charge in [0.15, 0.2) is 5.13 Å². The maximum Gasteiger partial charge on any atom is 0.306 e. The summed E-state index contributed by atoms with van der Waals surface area (Å²) in [6.07, 6.45) is 4.39. The molecule has 2 aromatic heterocycles. The van der Waals surface area contributed by atoms with Crippen LogP contribution in [0.25, 0.3) is 0 Å². The third-order valence-electron chi connectivity index (χ3n) is 2.19. The van der Waals surface area contributed by atoms with Gasteiger partial charge in [-0.05, 0) is 6.92 Å². The smallest absolute Gasteiger partial charge is 0.306 e. The van der Waals surface area contributed by atoms with Crippen molar-refractivity contribution < 1.29 is 9.53 Å². The van der Waals surface area contributed by atoms with Gasteiger partial charge >= 0.3 is 5.97 Å². The number of thiazole rings is 1. The number of carbonyl (C=O) groups excluding carboxylic acids is 1. The third kappa shape index (κ3) is 3.56. The Bertz CT molecular complexity index is 495. The van der Waals surface area contributed by atoms with Gasteiger partial charge in [0.25, 0.3) is 0 Å². The fraction of sp³-hybridized carbons (Fsp3) is 0.364. The van der Waals surface area contributed by atoms with Crippen LogP contribution in [0.1, 0.15) is 19.0 Å². The average Bonchev–Trinajstić information content (AvgIpc) is 2.99. The van der Waals surface area contributed by atoms with Crippen LogP contribution in [0.15, 0.2) is 17.8 Å². The first-order chi connectivity index (χ1) is 8.78. The van der Waals surface area contributed by atoms with E-state index in [9.17, 15) is 4.79 Å². The van der Waals surface area contributed by atoms with Crippen LogP contribution in [-0.4, -0.2) is 27.8 Å². The number of nitrogens with one attached hydrogen (secondary N) is 2. The van der Waals surface area contributed by atoms with E-state index in [4.69, 9.17) is 4.74 Å². The zero-order valence-electron chi connectivity index (χ0n) is 9.97. The highest BCUT2D eigenvalue weighted by Gasteiger charge is 2.06. The zero-order valence-corrected chi connectivity index (χ0v) is 10.8. The van der Waals surface area contributed by atoms with E-state index in [1.54, 1.807) is 19.3 Å². The molecule has 0 saturated heterocycles. The molecule has 7 heteroatoms. The van der Waals surface area contributed by atoms with Crippen LogP contribution in [0.2, 0.25) is 0 Å². The molecule has 18 heavy (non-hydrogen) atoms. The molecule has 0 bridgehead atoms. The lowest BCUT2D eigenvalue weighted by molar-refractivity contribution is -0.143. The molecule has 0 radical (unpaired) electrons. The van der Waals surface area contributed by atoms with Gasteiger partial charge in [0, 0.05) is 18.0 Å². The first kappa shape index (κ1) is 12.6. The van der Waals surface area contributed by atoms with Crippen molar-refractivity contribution >= 4 is 28.1 Å². The number of aromatic nitrogens is 3. The Morgan fingerprint density at radius 3 is 3.22 bits per heavy atom. The summed E-state index contributed by atoms with van der Waals surface area (Å²) in [6, 6.07) is 0. The summed E-state index contributed by atoms with van der Waals surface area (Å²) in [4.78, 5) is 15.6. The number of aryl methyl sites for hydroxylation is 1. The zero-order chi connectivity index (χ0) is 12.8. The molecule has 0 amide bonds. The van der Waals surface area contributed by atoms with E-state index in [-0.39, 0.29) is 5.97 Å². The number of ether oxygens (including phenoxy) is 1. The lowest BCUT2D eigenvalue weighted by Crippen LogP contribution is -2.05. The van der Waals surface area contributed by atoms with Crippen LogP contribution in [-0.2, 0) is 16.0 Å². The summed E-state index contributed by atoms with van der Waals surface area (Å²) >= 11 is 1.50. The molecule has 2 aromatic rings. The number of rotatable bonds is 6. The number of hydrogen-bond donors (Lipinski definition) is 2. The fourth-order valence-corrected chi connectivity index (χ4v) is 2.15. The number of H-pyrrole nitrogens is 1. The number of aromatic amines is 1. The van der Waals surface area contributed by atoms with E-state index in [0.29, 0.717) is 19.4 Å². The van der Waals surface area contributed by atoms with Crippen molar-refractivity contribution in [3.05, 3.63) is 23.5 Å². The molecule has 0 unspecified atom stereocenters. The fourth-order valence-electron chi connectivity index (χ4n) is 1.39. The van der Waals surface area contributed by atoms with Crippen molar-refractivity contribution in [1.82, 2.24) is 15.2 Å². The summed E-state index contributed by atoms with van der Waals surface area (Å²) in [7, 11) is 0. The molecule has 96 valence electrons. The SMILES string of the molecule is CCOC(=O)CCc1csc(Nc2cn[nH]c2)n1. The van der Waals surface area contributed by atoms with Crippen molar-refractivity contribution in [1.29, 1.82) is 0 Å². The Morgan fingerprint density at radius 2 is 2.50 bits per heavy atom. The minimum atomic E-state index is -0.185. The molecule has 0 fully saturated rings. The molecule has 0 aliphatic heterocycles. The monoisotopic (exact) mass is 266 g/mol. The molecule has 2 heterocycles. The van der Waals surface area contributed by atoms with Crippen LogP contribution in [0.3, 0.4) is 0 Å². The van der Waals surface area contributed by atoms with Crippen LogP contribution in [0, 0.1) is 0 Å². The Balaban J connectivity index is 1.84. The van der Waals surface area contributed by atoms with Gasteiger partial charge in [-0.3, -0.25) is 9.89 Å². The van der Waals surface area contributed by atoms with E-state index in [1.165, 1.54) is 11.3 Å². The highest BCUT2D eigenvalue weighted by Crippen LogP contribution is 2.20. The van der Waals surface area contributed by atoms with Crippen LogP contribution in [0.5, 0.6) is 0 Å². The Hall–Kier alpha value is -1.89. The normalized spacial score (nSPS) is 10.3. The Morgan fingerprint density at radius 1 is 1.61 bits per heavy atom. The van der Waals surface area contributed by atoms with Crippen molar-refractivity contribution in [3.63, 3.8) is 0 Å². The second-order valence-electron chi connectivity index (χ2n) is 3.56. The number of hydrogen-bond acceptors (Lipinski definition) is 6. The number of carbonyl (C=O) groups is 1. The van der Waals surface area contributed by atoms with Crippen LogP contribution < -0.4 is 5.32 Å². The molecule has 0 spiro atoms. The molecular formula is C11H14N4O2S. The lowest BCUT2D eigenvalue weighted by atomic mass is 10.2. The van der Waals surface area contributed by atoms with Crippen molar-refractivity contribution in [2.45, 2.75) is 19.8 Å². The van der Waals surface area contributed by atoms with Gasteiger partial charge in [-0.1, -0.05) is 0 Å². The van der Waals surface area contributed by atoms with Gasteiger partial charge in [-0.25, -0.2) is 4.98 Å². The summed E-state index contributed by atoms with van der Waals surface area (Å²) in [6.45, 7) is 2.22. The van der Waals surface area contributed by atoms with E-state index in [1.807, 2.05) is 5.38 Å². The molecule has 0 aliphatic rings. The quantitative estimate of drug-likeness (QED) is 0.783.